The molecule has 0 unspecified atom stereocenters. The average Bonchev–Trinajstić information content (AvgIpc) is 3.04. The van der Waals surface area contributed by atoms with Gasteiger partial charge in [-0.25, -0.2) is 4.79 Å². The number of rotatable bonds is 3. The van der Waals surface area contributed by atoms with Crippen molar-refractivity contribution < 1.29 is 9.59 Å². The molecule has 0 saturated carbocycles. The van der Waals surface area contributed by atoms with Crippen LogP contribution in [0.4, 0.5) is 4.79 Å². The molecule has 0 radical (unpaired) electrons. The van der Waals surface area contributed by atoms with Crippen molar-refractivity contribution in [3.8, 4) is 0 Å². The highest BCUT2D eigenvalue weighted by Crippen LogP contribution is 2.43. The van der Waals surface area contributed by atoms with Gasteiger partial charge >= 0.3 is 6.03 Å². The van der Waals surface area contributed by atoms with E-state index in [0.29, 0.717) is 0 Å². The lowest BCUT2D eigenvalue weighted by atomic mass is 9.93. The molecule has 1 heterocycles. The Morgan fingerprint density at radius 2 is 1.70 bits per heavy atom. The molecule has 0 spiro atoms. The van der Waals surface area contributed by atoms with Crippen molar-refractivity contribution >= 4 is 11.9 Å². The third-order valence-corrected chi connectivity index (χ3v) is 5.05. The summed E-state index contributed by atoms with van der Waals surface area (Å²) in [6.07, 6.45) is 0.745. The summed E-state index contributed by atoms with van der Waals surface area (Å²) in [6.45, 7) is 3.66. The Bertz CT molecular complexity index is 965. The van der Waals surface area contributed by atoms with Crippen molar-refractivity contribution in [2.24, 2.45) is 5.73 Å². The van der Waals surface area contributed by atoms with Crippen LogP contribution in [-0.4, -0.2) is 11.9 Å². The van der Waals surface area contributed by atoms with Gasteiger partial charge in [0.25, 0.3) is 5.91 Å². The molecule has 1 aliphatic carbocycles. The van der Waals surface area contributed by atoms with Crippen LogP contribution in [0.2, 0.25) is 0 Å². The van der Waals surface area contributed by atoms with Crippen molar-refractivity contribution in [3.63, 3.8) is 0 Å². The topological polar surface area (TPSA) is 96.2 Å². The second kappa shape index (κ2) is 6.64. The monoisotopic (exact) mass is 360 g/mol. The number of carbonyl (C=O) groups excluding carboxylic acids is 2. The molecule has 2 aromatic rings. The van der Waals surface area contributed by atoms with Gasteiger partial charge in [0.1, 0.15) is 5.70 Å². The number of benzene rings is 2. The van der Waals surface area contributed by atoms with E-state index in [4.69, 9.17) is 5.73 Å². The minimum Gasteiger partial charge on any atom is -0.395 e. The number of hydrogen-bond acceptors (Lipinski definition) is 3. The Morgan fingerprint density at radius 3 is 2.44 bits per heavy atom. The molecule has 2 aromatic carbocycles. The molecule has 2 atom stereocenters. The number of nitrogens with two attached hydrogens (primary N) is 1. The van der Waals surface area contributed by atoms with Gasteiger partial charge in [-0.2, -0.15) is 0 Å². The molecule has 4 rings (SSSR count). The largest absolute Gasteiger partial charge is 0.395 e. The van der Waals surface area contributed by atoms with Gasteiger partial charge in [-0.15, -0.1) is 0 Å². The fourth-order valence-electron chi connectivity index (χ4n) is 3.75. The summed E-state index contributed by atoms with van der Waals surface area (Å²) in [4.78, 5) is 24.4. The van der Waals surface area contributed by atoms with E-state index in [1.54, 1.807) is 0 Å². The van der Waals surface area contributed by atoms with Crippen molar-refractivity contribution in [1.29, 1.82) is 0 Å². The van der Waals surface area contributed by atoms with Crippen molar-refractivity contribution in [2.45, 2.75) is 18.4 Å². The van der Waals surface area contributed by atoms with Gasteiger partial charge in [0.05, 0.1) is 17.4 Å². The van der Waals surface area contributed by atoms with E-state index in [9.17, 15) is 9.59 Å². The second-order valence-corrected chi connectivity index (χ2v) is 6.70. The first kappa shape index (κ1) is 16.9. The number of nitrogens with one attached hydrogen (secondary N) is 3. The van der Waals surface area contributed by atoms with E-state index in [1.807, 2.05) is 36.4 Å². The van der Waals surface area contributed by atoms with E-state index < -0.39 is 11.9 Å². The quantitative estimate of drug-likeness (QED) is 0.677. The summed E-state index contributed by atoms with van der Waals surface area (Å²) in [5.41, 5.74) is 9.80. The van der Waals surface area contributed by atoms with E-state index in [1.165, 1.54) is 11.1 Å². The smallest absolute Gasteiger partial charge is 0.323 e. The summed E-state index contributed by atoms with van der Waals surface area (Å²) in [7, 11) is 0. The maximum Gasteiger partial charge on any atom is 0.323 e. The number of carbonyl (C=O) groups is 2. The molecular formula is C21H20N4O2. The molecule has 6 nitrogen and oxygen atoms in total. The average molecular weight is 360 g/mol. The predicted molar refractivity (Wildman–Crippen MR) is 102 cm³/mol. The fraction of sp³-hybridized carbons (Fsp3) is 0.143. The zero-order chi connectivity index (χ0) is 19.0. The van der Waals surface area contributed by atoms with Crippen LogP contribution in [-0.2, 0) is 4.79 Å². The first-order valence-electron chi connectivity index (χ1n) is 8.76. The lowest BCUT2D eigenvalue weighted by molar-refractivity contribution is -0.118. The molecule has 0 bridgehead atoms. The molecular weight excluding hydrogens is 340 g/mol. The van der Waals surface area contributed by atoms with Crippen LogP contribution in [0.5, 0.6) is 0 Å². The molecule has 5 N–H and O–H groups in total. The van der Waals surface area contributed by atoms with E-state index >= 15 is 0 Å². The minimum absolute atomic E-state index is 0.0318. The number of fused-ring (bicyclic) bond motifs is 1. The molecule has 0 saturated heterocycles. The Balaban J connectivity index is 1.62. The third-order valence-electron chi connectivity index (χ3n) is 5.05. The normalized spacial score (nSPS) is 21.3. The van der Waals surface area contributed by atoms with E-state index in [0.717, 1.165) is 12.0 Å². The van der Waals surface area contributed by atoms with E-state index in [-0.39, 0.29) is 29.1 Å². The molecule has 27 heavy (non-hydrogen) atoms. The van der Waals surface area contributed by atoms with Crippen molar-refractivity contribution in [1.82, 2.24) is 16.0 Å². The highest BCUT2D eigenvalue weighted by atomic mass is 16.2. The van der Waals surface area contributed by atoms with Gasteiger partial charge in [-0.05, 0) is 23.1 Å². The van der Waals surface area contributed by atoms with Crippen LogP contribution in [0, 0.1) is 0 Å². The van der Waals surface area contributed by atoms with Crippen molar-refractivity contribution in [2.75, 3.05) is 0 Å². The predicted octanol–water partition coefficient (Wildman–Crippen LogP) is 2.38. The van der Waals surface area contributed by atoms with Crippen molar-refractivity contribution in [3.05, 3.63) is 95.0 Å². The summed E-state index contributed by atoms with van der Waals surface area (Å²) in [6, 6.07) is 17.6. The van der Waals surface area contributed by atoms with Gasteiger partial charge in [-0.3, -0.25) is 4.79 Å². The van der Waals surface area contributed by atoms with E-state index in [2.05, 4.69) is 40.7 Å². The highest BCUT2D eigenvalue weighted by molar-refractivity contribution is 6.00. The standard InChI is InChI=1S/C21H20N4O2/c1-12-18(22)19(25-21(27)23-12)20(26)24-17-11-16(13-7-3-2-4-8-13)14-9-5-6-10-15(14)17/h2-10,16-17H,1,11,22H2,(H,24,26)(H2,23,25,27)/t16-,17-/m0/s1. The summed E-state index contributed by atoms with van der Waals surface area (Å²) < 4.78 is 0. The lowest BCUT2D eigenvalue weighted by Gasteiger charge is -2.22. The Morgan fingerprint density at radius 1 is 1.04 bits per heavy atom. The Kier molecular flexibility index (Phi) is 4.16. The number of hydrogen-bond donors (Lipinski definition) is 4. The Hall–Kier alpha value is -3.54. The highest BCUT2D eigenvalue weighted by Gasteiger charge is 2.34. The fourth-order valence-corrected chi connectivity index (χ4v) is 3.75. The van der Waals surface area contributed by atoms with Crippen LogP contribution < -0.4 is 21.7 Å². The third kappa shape index (κ3) is 3.06. The SMILES string of the molecule is C=C1NC(=O)NC(C(=O)N[C@H]2C[C@@H](c3ccccc3)c3ccccc32)=C1N. The first-order chi connectivity index (χ1) is 13.0. The molecule has 136 valence electrons. The molecule has 0 fully saturated rings. The van der Waals surface area contributed by atoms with Crippen LogP contribution >= 0.6 is 0 Å². The van der Waals surface area contributed by atoms with Gasteiger partial charge in [0, 0.05) is 5.92 Å². The van der Waals surface area contributed by atoms with Gasteiger partial charge in [0.2, 0.25) is 0 Å². The van der Waals surface area contributed by atoms with Gasteiger partial charge in [-0.1, -0.05) is 61.2 Å². The van der Waals surface area contributed by atoms with Crippen LogP contribution in [0.3, 0.4) is 0 Å². The molecule has 0 aromatic heterocycles. The molecule has 6 heteroatoms. The zero-order valence-corrected chi connectivity index (χ0v) is 14.7. The summed E-state index contributed by atoms with van der Waals surface area (Å²) >= 11 is 0. The molecule has 3 amide bonds. The maximum atomic E-state index is 12.8. The van der Waals surface area contributed by atoms with Crippen LogP contribution in [0.15, 0.2) is 78.3 Å². The lowest BCUT2D eigenvalue weighted by Crippen LogP contribution is -2.47. The Labute approximate surface area is 157 Å². The first-order valence-corrected chi connectivity index (χ1v) is 8.76. The zero-order valence-electron chi connectivity index (χ0n) is 14.7. The number of urea groups is 1. The second-order valence-electron chi connectivity index (χ2n) is 6.70. The summed E-state index contributed by atoms with van der Waals surface area (Å²) in [5, 5.41) is 7.93. The molecule has 2 aliphatic rings. The summed E-state index contributed by atoms with van der Waals surface area (Å²) in [5.74, 6) is -0.214. The van der Waals surface area contributed by atoms with Crippen LogP contribution in [0.1, 0.15) is 35.1 Å². The van der Waals surface area contributed by atoms with Crippen LogP contribution in [0.25, 0.3) is 0 Å². The minimum atomic E-state index is -0.520. The molecule has 1 aliphatic heterocycles. The van der Waals surface area contributed by atoms with Gasteiger partial charge < -0.3 is 21.7 Å². The number of amides is 3. The maximum absolute atomic E-state index is 12.8. The van der Waals surface area contributed by atoms with Gasteiger partial charge in [0.15, 0.2) is 0 Å².